The number of aromatic hydroxyl groups is 1. The molecule has 1 aromatic heterocycles. The van der Waals surface area contributed by atoms with Crippen LogP contribution in [0.25, 0.3) is 0 Å². The number of nitrogens with two attached hydrogens (primary N) is 2. The van der Waals surface area contributed by atoms with Crippen molar-refractivity contribution in [2.45, 2.75) is 49.9 Å². The number of carbonyl (C=O) groups is 5. The van der Waals surface area contributed by atoms with Gasteiger partial charge in [0.05, 0.1) is 12.4 Å². The molecule has 4 atom stereocenters. The molecule has 0 aliphatic carbocycles. The van der Waals surface area contributed by atoms with Gasteiger partial charge in [0.1, 0.15) is 23.9 Å². The molecule has 0 saturated heterocycles. The molecule has 4 amide bonds. The standard InChI is InChI=1S/C23H31N7O7S/c24-15(8-13-9-26-11-27-13)20(33)30-18(10-38)22(35)28-16(5-6-19(25)32)21(34)29-17(23(36)37)7-12-1-3-14(31)4-2-12/h1-4,9,11,15-18,31,38H,5-8,10,24H2,(H2,25,32)(H,26,27)(H,28,35)(H,29,34)(H,30,33)(H,36,37). The molecule has 0 aliphatic rings. The van der Waals surface area contributed by atoms with Crippen LogP contribution in [0, 0.1) is 0 Å². The zero-order valence-electron chi connectivity index (χ0n) is 20.3. The van der Waals surface area contributed by atoms with E-state index in [-0.39, 0.29) is 37.2 Å². The summed E-state index contributed by atoms with van der Waals surface area (Å²) < 4.78 is 0. The summed E-state index contributed by atoms with van der Waals surface area (Å²) in [5.41, 5.74) is 12.2. The van der Waals surface area contributed by atoms with Crippen LogP contribution in [0.3, 0.4) is 0 Å². The van der Waals surface area contributed by atoms with Gasteiger partial charge >= 0.3 is 5.97 Å². The highest BCUT2D eigenvalue weighted by molar-refractivity contribution is 7.80. The first-order chi connectivity index (χ1) is 18.0. The van der Waals surface area contributed by atoms with Gasteiger partial charge in [-0.3, -0.25) is 19.2 Å². The highest BCUT2D eigenvalue weighted by atomic mass is 32.1. The average molecular weight is 550 g/mol. The Balaban J connectivity index is 2.07. The number of carbonyl (C=O) groups excluding carboxylic acids is 4. The molecule has 10 N–H and O–H groups in total. The van der Waals surface area contributed by atoms with E-state index >= 15 is 0 Å². The number of hydrogen-bond acceptors (Lipinski definition) is 9. The van der Waals surface area contributed by atoms with E-state index in [2.05, 4.69) is 38.5 Å². The first-order valence-electron chi connectivity index (χ1n) is 11.5. The summed E-state index contributed by atoms with van der Waals surface area (Å²) in [7, 11) is 0. The molecule has 2 aromatic rings. The van der Waals surface area contributed by atoms with Gasteiger partial charge in [0, 0.05) is 36.9 Å². The fourth-order valence-electron chi connectivity index (χ4n) is 3.37. The highest BCUT2D eigenvalue weighted by Crippen LogP contribution is 2.12. The van der Waals surface area contributed by atoms with E-state index in [0.29, 0.717) is 11.3 Å². The van der Waals surface area contributed by atoms with Gasteiger partial charge in [0.2, 0.25) is 23.6 Å². The molecule has 4 unspecified atom stereocenters. The van der Waals surface area contributed by atoms with Gasteiger partial charge in [-0.25, -0.2) is 9.78 Å². The number of aromatic amines is 1. The second-order valence-electron chi connectivity index (χ2n) is 8.47. The summed E-state index contributed by atoms with van der Waals surface area (Å²) in [5, 5.41) is 26.2. The van der Waals surface area contributed by atoms with Crippen LogP contribution in [0.5, 0.6) is 5.75 Å². The summed E-state index contributed by atoms with van der Waals surface area (Å²) in [6.45, 7) is 0. The number of aliphatic carboxylic acids is 1. The maximum atomic E-state index is 13.0. The Labute approximate surface area is 223 Å². The molecule has 1 aromatic carbocycles. The molecule has 0 fully saturated rings. The number of carboxylic acids is 1. The second-order valence-corrected chi connectivity index (χ2v) is 8.83. The van der Waals surface area contributed by atoms with E-state index < -0.39 is 53.8 Å². The van der Waals surface area contributed by atoms with Crippen LogP contribution >= 0.6 is 12.6 Å². The van der Waals surface area contributed by atoms with Gasteiger partial charge in [-0.1, -0.05) is 12.1 Å². The number of rotatable bonds is 15. The van der Waals surface area contributed by atoms with Crippen LogP contribution in [-0.2, 0) is 36.8 Å². The fraction of sp³-hybridized carbons (Fsp3) is 0.391. The lowest BCUT2D eigenvalue weighted by atomic mass is 10.0. The Hall–Kier alpha value is -4.11. The normalized spacial score (nSPS) is 13.9. The number of nitrogens with zero attached hydrogens (tertiary/aromatic N) is 1. The minimum absolute atomic E-state index is 0.00742. The van der Waals surface area contributed by atoms with E-state index in [9.17, 15) is 34.2 Å². The third kappa shape index (κ3) is 9.74. The Morgan fingerprint density at radius 2 is 1.55 bits per heavy atom. The third-order valence-electron chi connectivity index (χ3n) is 5.45. The van der Waals surface area contributed by atoms with Gasteiger partial charge in [-0.15, -0.1) is 0 Å². The molecule has 14 nitrogen and oxygen atoms in total. The molecule has 0 spiro atoms. The molecule has 206 valence electrons. The third-order valence-corrected chi connectivity index (χ3v) is 5.82. The van der Waals surface area contributed by atoms with E-state index in [1.807, 2.05) is 0 Å². The number of benzene rings is 1. The number of carboxylic acid groups (broad SMARTS) is 1. The Kier molecular flexibility index (Phi) is 11.6. The summed E-state index contributed by atoms with van der Waals surface area (Å²) in [5.74, 6) is -4.53. The monoisotopic (exact) mass is 549 g/mol. The van der Waals surface area contributed by atoms with Crippen molar-refractivity contribution < 1.29 is 34.2 Å². The smallest absolute Gasteiger partial charge is 0.326 e. The maximum Gasteiger partial charge on any atom is 0.326 e. The minimum Gasteiger partial charge on any atom is -0.508 e. The maximum absolute atomic E-state index is 13.0. The zero-order chi connectivity index (χ0) is 28.2. The summed E-state index contributed by atoms with van der Waals surface area (Å²) >= 11 is 4.09. The largest absolute Gasteiger partial charge is 0.508 e. The van der Waals surface area contributed by atoms with E-state index in [4.69, 9.17) is 11.5 Å². The van der Waals surface area contributed by atoms with Crippen LogP contribution in [0.2, 0.25) is 0 Å². The number of H-pyrrole nitrogens is 1. The lowest BCUT2D eigenvalue weighted by molar-refractivity contribution is -0.142. The predicted molar refractivity (Wildman–Crippen MR) is 138 cm³/mol. The van der Waals surface area contributed by atoms with Crippen LogP contribution in [0.15, 0.2) is 36.8 Å². The zero-order valence-corrected chi connectivity index (χ0v) is 21.2. The first-order valence-corrected chi connectivity index (χ1v) is 12.2. The molecule has 1 heterocycles. The van der Waals surface area contributed by atoms with Crippen molar-refractivity contribution in [1.82, 2.24) is 25.9 Å². The number of phenols is 1. The molecule has 0 bridgehead atoms. The van der Waals surface area contributed by atoms with Crippen molar-refractivity contribution >= 4 is 42.2 Å². The summed E-state index contributed by atoms with van der Waals surface area (Å²) in [6, 6.07) is 0.847. The van der Waals surface area contributed by atoms with Crippen LogP contribution in [0.4, 0.5) is 0 Å². The molecule has 0 saturated carbocycles. The van der Waals surface area contributed by atoms with E-state index in [1.54, 1.807) is 0 Å². The molecule has 0 aliphatic heterocycles. The number of primary amides is 1. The van der Waals surface area contributed by atoms with Crippen LogP contribution in [0.1, 0.15) is 24.1 Å². The van der Waals surface area contributed by atoms with Gasteiger partial charge in [0.25, 0.3) is 0 Å². The van der Waals surface area contributed by atoms with Crippen molar-refractivity contribution in [3.63, 3.8) is 0 Å². The lowest BCUT2D eigenvalue weighted by Crippen LogP contribution is -2.58. The topological polar surface area (TPSA) is 243 Å². The van der Waals surface area contributed by atoms with Crippen LogP contribution < -0.4 is 27.4 Å². The molecule has 15 heteroatoms. The average Bonchev–Trinajstić information content (AvgIpc) is 3.38. The van der Waals surface area contributed by atoms with Crippen LogP contribution in [-0.4, -0.2) is 79.7 Å². The molecular formula is C23H31N7O7S. The lowest BCUT2D eigenvalue weighted by Gasteiger charge is -2.24. The molecule has 2 rings (SSSR count). The van der Waals surface area contributed by atoms with Gasteiger partial charge in [-0.05, 0) is 24.1 Å². The number of phenolic OH excluding ortho intramolecular Hbond substituents is 1. The molecule has 38 heavy (non-hydrogen) atoms. The molecule has 0 radical (unpaired) electrons. The summed E-state index contributed by atoms with van der Waals surface area (Å²) in [4.78, 5) is 68.1. The first kappa shape index (κ1) is 30.1. The SMILES string of the molecule is NC(=O)CCC(NC(=O)C(CS)NC(=O)C(N)Cc1cnc[nH]1)C(=O)NC(Cc1ccc(O)cc1)C(=O)O. The fourth-order valence-corrected chi connectivity index (χ4v) is 3.62. The Bertz CT molecular complexity index is 1110. The van der Waals surface area contributed by atoms with Gasteiger partial charge in [-0.2, -0.15) is 12.6 Å². The van der Waals surface area contributed by atoms with E-state index in [1.165, 1.54) is 36.8 Å². The van der Waals surface area contributed by atoms with Crippen molar-refractivity contribution in [3.05, 3.63) is 48.0 Å². The number of hydrogen-bond donors (Lipinski definition) is 9. The minimum atomic E-state index is -1.37. The van der Waals surface area contributed by atoms with Gasteiger partial charge < -0.3 is 42.6 Å². The van der Waals surface area contributed by atoms with Gasteiger partial charge in [0.15, 0.2) is 0 Å². The van der Waals surface area contributed by atoms with Crippen molar-refractivity contribution in [1.29, 1.82) is 0 Å². The van der Waals surface area contributed by atoms with E-state index in [0.717, 1.165) is 0 Å². The number of thiol groups is 1. The number of aromatic nitrogens is 2. The summed E-state index contributed by atoms with van der Waals surface area (Å²) in [6.07, 6.45) is 2.46. The Morgan fingerprint density at radius 3 is 2.11 bits per heavy atom. The quantitative estimate of drug-likeness (QED) is 0.111. The number of nitrogens with one attached hydrogen (secondary N) is 4. The van der Waals surface area contributed by atoms with Crippen molar-refractivity contribution in [2.24, 2.45) is 11.5 Å². The molecular weight excluding hydrogens is 518 g/mol. The van der Waals surface area contributed by atoms with Crippen molar-refractivity contribution in [3.8, 4) is 5.75 Å². The highest BCUT2D eigenvalue weighted by Gasteiger charge is 2.30. The number of imidazole rings is 1. The van der Waals surface area contributed by atoms with Crippen molar-refractivity contribution in [2.75, 3.05) is 5.75 Å². The number of amides is 4. The predicted octanol–water partition coefficient (Wildman–Crippen LogP) is -2.04. The second kappa shape index (κ2) is 14.6. The Morgan fingerprint density at radius 1 is 0.947 bits per heavy atom.